The standard InChI is InChI=1S/C11H13N2O/c1-2-9(6-12-4-1)10-11(8-14-10)3-5-13-7-11/h1-2,4,10,13H,3,5,7-8H2. The molecule has 2 unspecified atom stereocenters. The maximum absolute atomic E-state index is 5.64. The van der Waals surface area contributed by atoms with Gasteiger partial charge in [0.2, 0.25) is 0 Å². The zero-order valence-electron chi connectivity index (χ0n) is 7.99. The van der Waals surface area contributed by atoms with Crippen molar-refractivity contribution in [3.63, 3.8) is 0 Å². The molecule has 1 spiro atoms. The van der Waals surface area contributed by atoms with E-state index in [1.165, 1.54) is 6.42 Å². The van der Waals surface area contributed by atoms with Crippen molar-refractivity contribution in [1.29, 1.82) is 0 Å². The van der Waals surface area contributed by atoms with E-state index >= 15 is 0 Å². The van der Waals surface area contributed by atoms with Gasteiger partial charge in [-0.15, -0.1) is 0 Å². The molecule has 0 bridgehead atoms. The molecule has 3 nitrogen and oxygen atoms in total. The molecule has 3 heteroatoms. The van der Waals surface area contributed by atoms with Gasteiger partial charge in [0.05, 0.1) is 18.9 Å². The number of rotatable bonds is 1. The third-order valence-corrected chi connectivity index (χ3v) is 3.28. The van der Waals surface area contributed by atoms with Crippen molar-refractivity contribution >= 4 is 0 Å². The minimum absolute atomic E-state index is 0.214. The summed E-state index contributed by atoms with van der Waals surface area (Å²) in [5.41, 5.74) is 1.43. The summed E-state index contributed by atoms with van der Waals surface area (Å²) in [4.78, 5) is 4.02. The maximum atomic E-state index is 5.64. The van der Waals surface area contributed by atoms with Gasteiger partial charge in [0, 0.05) is 23.7 Å². The third-order valence-electron chi connectivity index (χ3n) is 3.28. The Kier molecular flexibility index (Phi) is 1.82. The molecule has 14 heavy (non-hydrogen) atoms. The summed E-state index contributed by atoms with van der Waals surface area (Å²) in [6, 6.07) is 4.00. The van der Waals surface area contributed by atoms with E-state index in [2.05, 4.69) is 22.6 Å². The van der Waals surface area contributed by atoms with Crippen LogP contribution in [0.25, 0.3) is 0 Å². The van der Waals surface area contributed by atoms with Crippen LogP contribution in [0.3, 0.4) is 0 Å². The molecule has 2 aliphatic rings. The van der Waals surface area contributed by atoms with Crippen molar-refractivity contribution in [2.24, 2.45) is 5.41 Å². The highest BCUT2D eigenvalue weighted by molar-refractivity contribution is 5.19. The molecule has 2 atom stereocenters. The lowest BCUT2D eigenvalue weighted by molar-refractivity contribution is -0.181. The fourth-order valence-electron chi connectivity index (χ4n) is 2.42. The highest BCUT2D eigenvalue weighted by atomic mass is 16.5. The quantitative estimate of drug-likeness (QED) is 0.713. The Hall–Kier alpha value is -0.930. The molecule has 3 rings (SSSR count). The number of hydrogen-bond acceptors (Lipinski definition) is 3. The normalized spacial score (nSPS) is 35.9. The van der Waals surface area contributed by atoms with Gasteiger partial charge in [-0.1, -0.05) is 6.07 Å². The van der Waals surface area contributed by atoms with Gasteiger partial charge >= 0.3 is 0 Å². The van der Waals surface area contributed by atoms with Gasteiger partial charge in [-0.3, -0.25) is 4.98 Å². The second-order valence-corrected chi connectivity index (χ2v) is 4.18. The van der Waals surface area contributed by atoms with Crippen molar-refractivity contribution in [2.45, 2.75) is 12.5 Å². The first-order valence-corrected chi connectivity index (χ1v) is 5.06. The molecule has 2 saturated heterocycles. The van der Waals surface area contributed by atoms with Crippen LogP contribution in [0.5, 0.6) is 0 Å². The summed E-state index contributed by atoms with van der Waals surface area (Å²) in [5.74, 6) is 0. The van der Waals surface area contributed by atoms with E-state index in [1.807, 2.05) is 6.07 Å². The summed E-state index contributed by atoms with van der Waals surface area (Å²) in [5, 5.41) is 3.40. The zero-order valence-corrected chi connectivity index (χ0v) is 7.99. The van der Waals surface area contributed by atoms with Crippen LogP contribution in [-0.4, -0.2) is 24.7 Å². The van der Waals surface area contributed by atoms with Crippen molar-refractivity contribution in [3.05, 3.63) is 30.1 Å². The third kappa shape index (κ3) is 1.09. The van der Waals surface area contributed by atoms with E-state index in [0.29, 0.717) is 5.41 Å². The molecular formula is C11H13N2O. The van der Waals surface area contributed by atoms with Crippen molar-refractivity contribution < 1.29 is 4.74 Å². The lowest BCUT2D eigenvalue weighted by Crippen LogP contribution is -2.47. The highest BCUT2D eigenvalue weighted by Crippen LogP contribution is 2.49. The predicted molar refractivity (Wildman–Crippen MR) is 51.7 cm³/mol. The topological polar surface area (TPSA) is 34.1 Å². The van der Waals surface area contributed by atoms with Gasteiger partial charge in [-0.25, -0.2) is 0 Å². The lowest BCUT2D eigenvalue weighted by atomic mass is 9.75. The Morgan fingerprint density at radius 3 is 3.21 bits per heavy atom. The largest absolute Gasteiger partial charge is 0.372 e. The highest BCUT2D eigenvalue weighted by Gasteiger charge is 2.50. The molecule has 3 heterocycles. The Bertz CT molecular complexity index is 319. The Labute approximate surface area is 83.5 Å². The van der Waals surface area contributed by atoms with Crippen LogP contribution >= 0.6 is 0 Å². The lowest BCUT2D eigenvalue weighted by Gasteiger charge is -2.46. The fraction of sp³-hybridized carbons (Fsp3) is 0.545. The van der Waals surface area contributed by atoms with E-state index in [0.717, 1.165) is 25.3 Å². The molecule has 0 amide bonds. The molecule has 1 aromatic heterocycles. The van der Waals surface area contributed by atoms with E-state index < -0.39 is 0 Å². The van der Waals surface area contributed by atoms with Crippen molar-refractivity contribution in [1.82, 2.24) is 10.3 Å². The Morgan fingerprint density at radius 1 is 1.64 bits per heavy atom. The number of nitrogens with one attached hydrogen (secondary N) is 1. The SMILES string of the molecule is [c]1ncccc1C1OCC12CCNC2. The summed E-state index contributed by atoms with van der Waals surface area (Å²) >= 11 is 0. The van der Waals surface area contributed by atoms with Crippen LogP contribution in [0.1, 0.15) is 18.1 Å². The second-order valence-electron chi connectivity index (χ2n) is 4.18. The first kappa shape index (κ1) is 8.38. The molecule has 0 saturated carbocycles. The number of ether oxygens (including phenoxy) is 1. The second kappa shape index (κ2) is 3.04. The summed E-state index contributed by atoms with van der Waals surface area (Å²) in [6.07, 6.45) is 6.19. The van der Waals surface area contributed by atoms with Gasteiger partial charge < -0.3 is 10.1 Å². The van der Waals surface area contributed by atoms with Gasteiger partial charge in [0.25, 0.3) is 0 Å². The molecule has 1 N–H and O–H groups in total. The molecule has 2 fully saturated rings. The molecule has 1 aromatic rings. The number of pyridine rings is 1. The van der Waals surface area contributed by atoms with E-state index in [4.69, 9.17) is 4.74 Å². The molecule has 1 radical (unpaired) electrons. The van der Waals surface area contributed by atoms with Crippen LogP contribution in [0.2, 0.25) is 0 Å². The summed E-state index contributed by atoms with van der Waals surface area (Å²) in [7, 11) is 0. The predicted octanol–water partition coefficient (Wildman–Crippen LogP) is 0.933. The molecule has 73 valence electrons. The van der Waals surface area contributed by atoms with Crippen LogP contribution in [0, 0.1) is 11.6 Å². The van der Waals surface area contributed by atoms with Crippen molar-refractivity contribution in [2.75, 3.05) is 19.7 Å². The van der Waals surface area contributed by atoms with Gasteiger partial charge in [0.15, 0.2) is 0 Å². The van der Waals surface area contributed by atoms with Crippen LogP contribution in [0.4, 0.5) is 0 Å². The van der Waals surface area contributed by atoms with Gasteiger partial charge in [-0.2, -0.15) is 0 Å². The molecule has 2 aliphatic heterocycles. The van der Waals surface area contributed by atoms with E-state index in [-0.39, 0.29) is 6.10 Å². The Morgan fingerprint density at radius 2 is 2.64 bits per heavy atom. The summed E-state index contributed by atoms with van der Waals surface area (Å²) in [6.45, 7) is 3.06. The average Bonchev–Trinajstić information content (AvgIpc) is 2.68. The number of hydrogen-bond donors (Lipinski definition) is 1. The minimum atomic E-state index is 0.214. The molecule has 0 aliphatic carbocycles. The van der Waals surface area contributed by atoms with Gasteiger partial charge in [0.1, 0.15) is 0 Å². The summed E-state index contributed by atoms with van der Waals surface area (Å²) < 4.78 is 5.64. The minimum Gasteiger partial charge on any atom is -0.372 e. The number of aromatic nitrogens is 1. The first-order chi connectivity index (χ1) is 6.91. The fourth-order valence-corrected chi connectivity index (χ4v) is 2.42. The van der Waals surface area contributed by atoms with Crippen LogP contribution < -0.4 is 5.32 Å². The maximum Gasteiger partial charge on any atom is 0.0948 e. The average molecular weight is 189 g/mol. The van der Waals surface area contributed by atoms with Crippen molar-refractivity contribution in [3.8, 4) is 0 Å². The van der Waals surface area contributed by atoms with Gasteiger partial charge in [-0.05, 0) is 19.0 Å². The number of nitrogens with zero attached hydrogens (tertiary/aromatic N) is 1. The molecular weight excluding hydrogens is 176 g/mol. The smallest absolute Gasteiger partial charge is 0.0948 e. The Balaban J connectivity index is 1.87. The van der Waals surface area contributed by atoms with E-state index in [1.54, 1.807) is 6.20 Å². The van der Waals surface area contributed by atoms with Crippen LogP contribution in [0.15, 0.2) is 18.3 Å². The first-order valence-electron chi connectivity index (χ1n) is 5.06. The van der Waals surface area contributed by atoms with E-state index in [9.17, 15) is 0 Å². The van der Waals surface area contributed by atoms with Crippen LogP contribution in [-0.2, 0) is 4.74 Å². The monoisotopic (exact) mass is 189 g/mol. The zero-order chi connectivity index (χ0) is 9.43. The molecule has 0 aromatic carbocycles.